The summed E-state index contributed by atoms with van der Waals surface area (Å²) in [4.78, 5) is 13.4. The van der Waals surface area contributed by atoms with Crippen molar-refractivity contribution in [3.63, 3.8) is 0 Å². The summed E-state index contributed by atoms with van der Waals surface area (Å²) in [5, 5.41) is 12.1. The Hall–Kier alpha value is -1.88. The lowest BCUT2D eigenvalue weighted by Gasteiger charge is -2.26. The Labute approximate surface area is 148 Å². The minimum Gasteiger partial charge on any atom is -0.347 e. The molecule has 1 aromatic heterocycles. The maximum absolute atomic E-state index is 11.0. The van der Waals surface area contributed by atoms with Gasteiger partial charge in [-0.1, -0.05) is 19.3 Å². The van der Waals surface area contributed by atoms with Crippen LogP contribution in [-0.4, -0.2) is 34.0 Å². The molecule has 0 radical (unpaired) electrons. The fraction of sp³-hybridized carbons (Fsp3) is 0.600. The molecule has 0 spiro atoms. The number of nitro groups is 1. The van der Waals surface area contributed by atoms with Crippen LogP contribution in [0.15, 0.2) is 30.5 Å². The largest absolute Gasteiger partial charge is 0.347 e. The van der Waals surface area contributed by atoms with Gasteiger partial charge in [0.1, 0.15) is 0 Å². The van der Waals surface area contributed by atoms with Crippen molar-refractivity contribution in [3.05, 3.63) is 40.6 Å². The molecule has 134 valence electrons. The maximum atomic E-state index is 11.0. The Morgan fingerprint density at radius 3 is 2.68 bits per heavy atom. The molecule has 2 heterocycles. The molecule has 1 atom stereocenters. The molecule has 1 aliphatic heterocycles. The second-order valence-corrected chi connectivity index (χ2v) is 7.89. The average Bonchev–Trinajstić information content (AvgIpc) is 3.23. The maximum Gasteiger partial charge on any atom is 0.271 e. The van der Waals surface area contributed by atoms with E-state index < -0.39 is 0 Å². The second kappa shape index (κ2) is 7.16. The topological polar surface area (TPSA) is 51.3 Å². The number of aromatic nitrogens is 1. The molecule has 5 nitrogen and oxygen atoms in total. The van der Waals surface area contributed by atoms with E-state index in [9.17, 15) is 10.1 Å². The first-order chi connectivity index (χ1) is 12.2. The lowest BCUT2D eigenvalue weighted by molar-refractivity contribution is -0.384. The summed E-state index contributed by atoms with van der Waals surface area (Å²) in [6.45, 7) is 4.62. The van der Waals surface area contributed by atoms with Gasteiger partial charge in [-0.25, -0.2) is 0 Å². The number of fused-ring (bicyclic) bond motifs is 1. The first-order valence-corrected chi connectivity index (χ1v) is 9.65. The lowest BCUT2D eigenvalue weighted by Crippen LogP contribution is -2.29. The fourth-order valence-electron chi connectivity index (χ4n) is 4.69. The van der Waals surface area contributed by atoms with Crippen LogP contribution in [0, 0.1) is 22.0 Å². The van der Waals surface area contributed by atoms with Gasteiger partial charge in [0.2, 0.25) is 0 Å². The number of hydrogen-bond donors (Lipinski definition) is 0. The van der Waals surface area contributed by atoms with Crippen LogP contribution < -0.4 is 0 Å². The molecule has 1 unspecified atom stereocenters. The Morgan fingerprint density at radius 1 is 1.04 bits per heavy atom. The van der Waals surface area contributed by atoms with Gasteiger partial charge in [0.05, 0.1) is 10.4 Å². The predicted molar refractivity (Wildman–Crippen MR) is 99.7 cm³/mol. The smallest absolute Gasteiger partial charge is 0.271 e. The van der Waals surface area contributed by atoms with Gasteiger partial charge in [-0.15, -0.1) is 0 Å². The molecule has 1 aromatic carbocycles. The fourth-order valence-corrected chi connectivity index (χ4v) is 4.69. The van der Waals surface area contributed by atoms with E-state index >= 15 is 0 Å². The third kappa shape index (κ3) is 3.71. The Kier molecular flexibility index (Phi) is 4.75. The molecule has 2 aromatic rings. The first-order valence-electron chi connectivity index (χ1n) is 9.65. The van der Waals surface area contributed by atoms with Crippen LogP contribution in [0.5, 0.6) is 0 Å². The van der Waals surface area contributed by atoms with Gasteiger partial charge >= 0.3 is 0 Å². The minimum absolute atomic E-state index is 0.179. The summed E-state index contributed by atoms with van der Waals surface area (Å²) in [6.07, 6.45) is 10.4. The molecule has 2 fully saturated rings. The van der Waals surface area contributed by atoms with E-state index in [0.717, 1.165) is 23.4 Å². The highest BCUT2D eigenvalue weighted by molar-refractivity contribution is 5.82. The molecule has 25 heavy (non-hydrogen) atoms. The van der Waals surface area contributed by atoms with E-state index in [0.29, 0.717) is 5.92 Å². The molecule has 0 bridgehead atoms. The van der Waals surface area contributed by atoms with Gasteiger partial charge in [-0.05, 0) is 49.8 Å². The third-order valence-corrected chi connectivity index (χ3v) is 6.03. The summed E-state index contributed by atoms with van der Waals surface area (Å²) in [7, 11) is 0. The van der Waals surface area contributed by atoms with Gasteiger partial charge in [-0.3, -0.25) is 10.1 Å². The van der Waals surface area contributed by atoms with E-state index in [4.69, 9.17) is 0 Å². The predicted octanol–water partition coefficient (Wildman–Crippen LogP) is 4.45. The van der Waals surface area contributed by atoms with E-state index in [1.807, 2.05) is 6.07 Å². The van der Waals surface area contributed by atoms with Gasteiger partial charge in [0.25, 0.3) is 5.69 Å². The molecule has 5 heteroatoms. The highest BCUT2D eigenvalue weighted by atomic mass is 16.6. The quantitative estimate of drug-likeness (QED) is 0.596. The van der Waals surface area contributed by atoms with Crippen LogP contribution in [0.25, 0.3) is 10.9 Å². The normalized spacial score (nSPS) is 22.6. The van der Waals surface area contributed by atoms with Crippen molar-refractivity contribution in [1.82, 2.24) is 9.47 Å². The summed E-state index contributed by atoms with van der Waals surface area (Å²) < 4.78 is 2.21. The van der Waals surface area contributed by atoms with E-state index in [-0.39, 0.29) is 10.6 Å². The number of non-ortho nitro benzene ring substituents is 1. The standard InChI is InChI=1S/C20H27N3O2/c24-23(25)19-7-6-18-9-11-22(20(18)12-19)15-17-8-10-21(14-17)13-16-4-2-1-3-5-16/h6-7,9,11-12,16-17H,1-5,8,10,13-15H2. The Bertz CT molecular complexity index is 748. The zero-order valence-corrected chi connectivity index (χ0v) is 14.8. The van der Waals surface area contributed by atoms with Gasteiger partial charge in [0.15, 0.2) is 0 Å². The average molecular weight is 341 g/mol. The number of likely N-dealkylation sites (tertiary alicyclic amines) is 1. The molecule has 1 saturated carbocycles. The Balaban J connectivity index is 1.40. The van der Waals surface area contributed by atoms with E-state index in [1.165, 1.54) is 58.2 Å². The van der Waals surface area contributed by atoms with Gasteiger partial charge in [0, 0.05) is 43.4 Å². The van der Waals surface area contributed by atoms with Crippen LogP contribution in [0.1, 0.15) is 38.5 Å². The molecule has 4 rings (SSSR count). The number of benzene rings is 1. The van der Waals surface area contributed by atoms with Crippen molar-refractivity contribution in [2.45, 2.75) is 45.1 Å². The summed E-state index contributed by atoms with van der Waals surface area (Å²) in [5.74, 6) is 1.56. The molecule has 2 aliphatic rings. The van der Waals surface area contributed by atoms with Gasteiger partial charge in [-0.2, -0.15) is 0 Å². The summed E-state index contributed by atoms with van der Waals surface area (Å²) in [6, 6.07) is 7.22. The van der Waals surface area contributed by atoms with Crippen molar-refractivity contribution >= 4 is 16.6 Å². The SMILES string of the molecule is O=[N+]([O-])c1ccc2ccn(CC3CCN(CC4CCCCC4)C3)c2c1. The van der Waals surface area contributed by atoms with Crippen molar-refractivity contribution < 1.29 is 4.92 Å². The lowest BCUT2D eigenvalue weighted by atomic mass is 9.89. The van der Waals surface area contributed by atoms with Crippen LogP contribution in [0.3, 0.4) is 0 Å². The first kappa shape index (κ1) is 16.6. The number of rotatable bonds is 5. The zero-order valence-electron chi connectivity index (χ0n) is 14.8. The molecular weight excluding hydrogens is 314 g/mol. The number of nitro benzene ring substituents is 1. The number of hydrogen-bond acceptors (Lipinski definition) is 3. The van der Waals surface area contributed by atoms with Crippen LogP contribution in [0.2, 0.25) is 0 Å². The molecule has 1 saturated heterocycles. The zero-order chi connectivity index (χ0) is 17.2. The van der Waals surface area contributed by atoms with E-state index in [2.05, 4.69) is 21.7 Å². The van der Waals surface area contributed by atoms with Gasteiger partial charge < -0.3 is 9.47 Å². The van der Waals surface area contributed by atoms with Crippen LogP contribution in [0.4, 0.5) is 5.69 Å². The van der Waals surface area contributed by atoms with Crippen LogP contribution >= 0.6 is 0 Å². The van der Waals surface area contributed by atoms with Crippen molar-refractivity contribution in [3.8, 4) is 0 Å². The molecular formula is C20H27N3O2. The molecule has 0 amide bonds. The van der Waals surface area contributed by atoms with Crippen LogP contribution in [-0.2, 0) is 6.54 Å². The highest BCUT2D eigenvalue weighted by Gasteiger charge is 2.26. The molecule has 0 N–H and O–H groups in total. The number of nitrogens with zero attached hydrogens (tertiary/aromatic N) is 3. The van der Waals surface area contributed by atoms with Crippen molar-refractivity contribution in [2.75, 3.05) is 19.6 Å². The molecule has 1 aliphatic carbocycles. The third-order valence-electron chi connectivity index (χ3n) is 6.03. The van der Waals surface area contributed by atoms with Crippen molar-refractivity contribution in [2.24, 2.45) is 11.8 Å². The van der Waals surface area contributed by atoms with Crippen molar-refractivity contribution in [1.29, 1.82) is 0 Å². The monoisotopic (exact) mass is 341 g/mol. The summed E-state index contributed by atoms with van der Waals surface area (Å²) >= 11 is 0. The second-order valence-electron chi connectivity index (χ2n) is 7.89. The minimum atomic E-state index is -0.307. The summed E-state index contributed by atoms with van der Waals surface area (Å²) in [5.41, 5.74) is 1.16. The highest BCUT2D eigenvalue weighted by Crippen LogP contribution is 2.28. The van der Waals surface area contributed by atoms with E-state index in [1.54, 1.807) is 12.1 Å². The Morgan fingerprint density at radius 2 is 1.88 bits per heavy atom.